The molecule has 0 saturated carbocycles. The van der Waals surface area contributed by atoms with Crippen LogP contribution in [0.5, 0.6) is 0 Å². The van der Waals surface area contributed by atoms with Crippen LogP contribution in [0.25, 0.3) is 0 Å². The number of carbonyl (C=O) groups excluding carboxylic acids is 3. The molecule has 0 aliphatic rings. The van der Waals surface area contributed by atoms with Gasteiger partial charge in [0.1, 0.15) is 24.2 Å². The molecule has 3 amide bonds. The minimum atomic E-state index is -1.56. The predicted octanol–water partition coefficient (Wildman–Crippen LogP) is -2.51. The molecule has 4 unspecified atom stereocenters. The number of aliphatic carboxylic acids is 2. The Morgan fingerprint density at radius 2 is 1.38 bits per heavy atom. The lowest BCUT2D eigenvalue weighted by Gasteiger charge is -2.25. The normalized spacial score (nSPS) is 14.7. The van der Waals surface area contributed by atoms with Gasteiger partial charge in [0.25, 0.3) is 0 Å². The predicted molar refractivity (Wildman–Crippen MR) is 113 cm³/mol. The molecule has 4 atom stereocenters. The van der Waals surface area contributed by atoms with Crippen LogP contribution in [0.1, 0.15) is 46.0 Å². The Hall–Kier alpha value is -2.77. The zero-order valence-electron chi connectivity index (χ0n) is 18.4. The lowest BCUT2D eigenvalue weighted by molar-refractivity contribution is -0.143. The van der Waals surface area contributed by atoms with Crippen LogP contribution >= 0.6 is 0 Å². The van der Waals surface area contributed by atoms with Crippen molar-refractivity contribution in [1.29, 1.82) is 0 Å². The van der Waals surface area contributed by atoms with E-state index in [4.69, 9.17) is 21.7 Å². The number of amides is 3. The van der Waals surface area contributed by atoms with Gasteiger partial charge in [-0.25, -0.2) is 4.79 Å². The van der Waals surface area contributed by atoms with Crippen molar-refractivity contribution in [3.63, 3.8) is 0 Å². The van der Waals surface area contributed by atoms with E-state index in [0.717, 1.165) is 0 Å². The second kappa shape index (κ2) is 15.1. The van der Waals surface area contributed by atoms with E-state index in [1.807, 2.05) is 0 Å². The van der Waals surface area contributed by atoms with E-state index in [1.54, 1.807) is 13.8 Å². The Kier molecular flexibility index (Phi) is 13.8. The Bertz CT molecular complexity index is 658. The fraction of sp³-hybridized carbons (Fsp3) is 0.737. The summed E-state index contributed by atoms with van der Waals surface area (Å²) in [6.07, 6.45) is 0.461. The number of aliphatic hydroxyl groups excluding tert-OH is 1. The molecule has 13 heteroatoms. The van der Waals surface area contributed by atoms with E-state index in [2.05, 4.69) is 16.0 Å². The monoisotopic (exact) mass is 461 g/mol. The number of unbranched alkanes of at least 4 members (excludes halogenated alkanes) is 1. The maximum Gasteiger partial charge on any atom is 0.326 e. The van der Waals surface area contributed by atoms with E-state index in [0.29, 0.717) is 19.4 Å². The summed E-state index contributed by atoms with van der Waals surface area (Å²) >= 11 is 0. The van der Waals surface area contributed by atoms with Crippen LogP contribution < -0.4 is 27.4 Å². The van der Waals surface area contributed by atoms with Gasteiger partial charge in [-0.1, -0.05) is 13.8 Å². The molecule has 0 aromatic heterocycles. The number of carboxylic acid groups (broad SMARTS) is 2. The highest BCUT2D eigenvalue weighted by Gasteiger charge is 2.31. The van der Waals surface area contributed by atoms with E-state index < -0.39 is 66.9 Å². The van der Waals surface area contributed by atoms with Gasteiger partial charge in [0.2, 0.25) is 17.7 Å². The van der Waals surface area contributed by atoms with E-state index in [-0.39, 0.29) is 18.8 Å². The molecule has 0 heterocycles. The van der Waals surface area contributed by atoms with Crippen molar-refractivity contribution in [2.45, 2.75) is 70.1 Å². The maximum absolute atomic E-state index is 12.7. The number of hydrogen-bond donors (Lipinski definition) is 8. The Morgan fingerprint density at radius 1 is 0.844 bits per heavy atom. The number of nitrogens with two attached hydrogens (primary N) is 2. The molecule has 0 saturated heterocycles. The van der Waals surface area contributed by atoms with Crippen LogP contribution in [0.15, 0.2) is 0 Å². The van der Waals surface area contributed by atoms with Crippen molar-refractivity contribution in [3.05, 3.63) is 0 Å². The summed E-state index contributed by atoms with van der Waals surface area (Å²) in [7, 11) is 0. The molecule has 0 radical (unpaired) electrons. The van der Waals surface area contributed by atoms with Crippen molar-refractivity contribution in [3.8, 4) is 0 Å². The molecule has 0 aliphatic heterocycles. The zero-order chi connectivity index (χ0) is 24.8. The highest BCUT2D eigenvalue weighted by atomic mass is 16.4. The first-order valence-corrected chi connectivity index (χ1v) is 10.3. The average molecular weight is 462 g/mol. The van der Waals surface area contributed by atoms with Crippen LogP contribution in [-0.4, -0.2) is 82.3 Å². The molecule has 13 nitrogen and oxygen atoms in total. The van der Waals surface area contributed by atoms with E-state index in [9.17, 15) is 29.1 Å². The minimum Gasteiger partial charge on any atom is -0.481 e. The van der Waals surface area contributed by atoms with Crippen molar-refractivity contribution in [1.82, 2.24) is 16.0 Å². The van der Waals surface area contributed by atoms with E-state index in [1.165, 1.54) is 0 Å². The Morgan fingerprint density at radius 3 is 1.84 bits per heavy atom. The minimum absolute atomic E-state index is 0.0208. The van der Waals surface area contributed by atoms with Crippen LogP contribution in [0.2, 0.25) is 0 Å². The number of carbonyl (C=O) groups is 5. The van der Waals surface area contributed by atoms with Crippen molar-refractivity contribution in [2.24, 2.45) is 17.4 Å². The lowest BCUT2D eigenvalue weighted by Crippen LogP contribution is -2.57. The number of carboxylic acids is 2. The molecule has 0 bridgehead atoms. The van der Waals surface area contributed by atoms with Gasteiger partial charge in [0.05, 0.1) is 13.0 Å². The molecule has 184 valence electrons. The standard InChI is InChI=1S/C19H35N5O8/c1-10(2)7-14(19(31)32)24-17(29)12(5-3-4-6-20)22-18(30)13(8-15(26)27)23-16(28)11(21)9-25/h10-14,25H,3-9,20-21H2,1-2H3,(H,22,30)(H,23,28)(H,24,29)(H,26,27)(H,31,32). The van der Waals surface area contributed by atoms with Gasteiger partial charge in [-0.3, -0.25) is 19.2 Å². The maximum atomic E-state index is 12.7. The summed E-state index contributed by atoms with van der Waals surface area (Å²) in [6.45, 7) is 3.20. The Balaban J connectivity index is 5.48. The van der Waals surface area contributed by atoms with Crippen molar-refractivity contribution in [2.75, 3.05) is 13.2 Å². The third-order valence-electron chi connectivity index (χ3n) is 4.45. The van der Waals surface area contributed by atoms with Crippen molar-refractivity contribution >= 4 is 29.7 Å². The largest absolute Gasteiger partial charge is 0.481 e. The van der Waals surface area contributed by atoms with Crippen LogP contribution in [0.4, 0.5) is 0 Å². The average Bonchev–Trinajstić information content (AvgIpc) is 2.70. The molecule has 0 aliphatic carbocycles. The fourth-order valence-electron chi connectivity index (χ4n) is 2.74. The molecule has 0 aromatic rings. The summed E-state index contributed by atoms with van der Waals surface area (Å²) in [6, 6.07) is -5.28. The summed E-state index contributed by atoms with van der Waals surface area (Å²) in [5, 5.41) is 34.2. The van der Waals surface area contributed by atoms with Gasteiger partial charge in [-0.15, -0.1) is 0 Å². The van der Waals surface area contributed by atoms with Gasteiger partial charge >= 0.3 is 11.9 Å². The first kappa shape index (κ1) is 29.2. The topological polar surface area (TPSA) is 234 Å². The highest BCUT2D eigenvalue weighted by Crippen LogP contribution is 2.08. The smallest absolute Gasteiger partial charge is 0.326 e. The Labute approximate surface area is 186 Å². The molecule has 0 aromatic carbocycles. The number of aliphatic hydroxyl groups is 1. The zero-order valence-corrected chi connectivity index (χ0v) is 18.4. The third kappa shape index (κ3) is 11.6. The van der Waals surface area contributed by atoms with Crippen LogP contribution in [-0.2, 0) is 24.0 Å². The number of nitrogens with one attached hydrogen (secondary N) is 3. The number of rotatable bonds is 16. The molecule has 0 fully saturated rings. The van der Waals surface area contributed by atoms with Gasteiger partial charge < -0.3 is 42.7 Å². The number of hydrogen-bond acceptors (Lipinski definition) is 8. The molecular weight excluding hydrogens is 426 g/mol. The lowest BCUT2D eigenvalue weighted by atomic mass is 10.0. The SMILES string of the molecule is CC(C)CC(NC(=O)C(CCCCN)NC(=O)C(CC(=O)O)NC(=O)C(N)CO)C(=O)O. The second-order valence-electron chi connectivity index (χ2n) is 7.82. The summed E-state index contributed by atoms with van der Waals surface area (Å²) < 4.78 is 0. The van der Waals surface area contributed by atoms with Gasteiger partial charge in [-0.05, 0) is 38.1 Å². The van der Waals surface area contributed by atoms with Crippen LogP contribution in [0, 0.1) is 5.92 Å². The quantitative estimate of drug-likeness (QED) is 0.112. The van der Waals surface area contributed by atoms with Gasteiger partial charge in [0, 0.05) is 0 Å². The summed E-state index contributed by atoms with van der Waals surface area (Å²) in [4.78, 5) is 59.8. The van der Waals surface area contributed by atoms with E-state index >= 15 is 0 Å². The third-order valence-corrected chi connectivity index (χ3v) is 4.45. The second-order valence-corrected chi connectivity index (χ2v) is 7.82. The highest BCUT2D eigenvalue weighted by molar-refractivity contribution is 5.95. The summed E-state index contributed by atoms with van der Waals surface area (Å²) in [5.41, 5.74) is 10.8. The van der Waals surface area contributed by atoms with Crippen molar-refractivity contribution < 1.29 is 39.3 Å². The van der Waals surface area contributed by atoms with Gasteiger partial charge in [0.15, 0.2) is 0 Å². The van der Waals surface area contributed by atoms with Crippen LogP contribution in [0.3, 0.4) is 0 Å². The van der Waals surface area contributed by atoms with Gasteiger partial charge in [-0.2, -0.15) is 0 Å². The molecular formula is C19H35N5O8. The fourth-order valence-corrected chi connectivity index (χ4v) is 2.74. The molecule has 0 spiro atoms. The molecule has 0 rings (SSSR count). The molecule has 10 N–H and O–H groups in total. The first-order valence-electron chi connectivity index (χ1n) is 10.3. The summed E-state index contributed by atoms with van der Waals surface area (Å²) in [5.74, 6) is -5.30. The first-order chi connectivity index (χ1) is 14.9. The molecule has 32 heavy (non-hydrogen) atoms.